The molecule has 0 aliphatic carbocycles. The van der Waals surface area contributed by atoms with E-state index < -0.39 is 0 Å². The number of pyridine rings is 1. The highest BCUT2D eigenvalue weighted by molar-refractivity contribution is 6.04. The maximum absolute atomic E-state index is 13.1. The Bertz CT molecular complexity index is 852. The quantitative estimate of drug-likeness (QED) is 0.674. The molecule has 0 saturated heterocycles. The molecule has 1 atom stereocenters. The molecule has 3 rings (SSSR count). The number of rotatable bonds is 7. The van der Waals surface area contributed by atoms with Crippen molar-refractivity contribution < 1.29 is 10.1 Å². The first-order chi connectivity index (χ1) is 12.1. The van der Waals surface area contributed by atoms with Gasteiger partial charge < -0.3 is 5.32 Å². The van der Waals surface area contributed by atoms with Gasteiger partial charge in [-0.15, -0.1) is 0 Å². The van der Waals surface area contributed by atoms with Crippen LogP contribution < -0.4 is 5.32 Å². The van der Waals surface area contributed by atoms with Crippen LogP contribution in [0.2, 0.25) is 0 Å². The third kappa shape index (κ3) is 3.80. The van der Waals surface area contributed by atoms with E-state index in [0.29, 0.717) is 0 Å². The van der Waals surface area contributed by atoms with Crippen molar-refractivity contribution in [2.75, 3.05) is 6.54 Å². The zero-order valence-electron chi connectivity index (χ0n) is 15.1. The maximum atomic E-state index is 13.1. The van der Waals surface area contributed by atoms with E-state index in [1.165, 1.54) is 5.56 Å². The van der Waals surface area contributed by atoms with Crippen molar-refractivity contribution >= 4 is 11.3 Å². The van der Waals surface area contributed by atoms with Gasteiger partial charge in [-0.1, -0.05) is 50.2 Å². The summed E-state index contributed by atoms with van der Waals surface area (Å²) < 4.78 is 1.82. The molecule has 3 aromatic rings. The van der Waals surface area contributed by atoms with Gasteiger partial charge in [-0.3, -0.25) is 4.79 Å². The average Bonchev–Trinajstić information content (AvgIpc) is 3.01. The molecule has 0 bridgehead atoms. The molecule has 0 spiro atoms. The lowest BCUT2D eigenvalue weighted by Crippen LogP contribution is -2.84. The number of quaternary nitrogens is 1. The van der Waals surface area contributed by atoms with E-state index in [1.54, 1.807) is 0 Å². The van der Waals surface area contributed by atoms with Gasteiger partial charge in [0.2, 0.25) is 0 Å². The molecular formula is C21H26N3O+. The van der Waals surface area contributed by atoms with Crippen LogP contribution in [-0.2, 0) is 6.54 Å². The van der Waals surface area contributed by atoms with Gasteiger partial charge in [-0.25, -0.2) is 4.52 Å². The Morgan fingerprint density at radius 1 is 1.08 bits per heavy atom. The smallest absolute Gasteiger partial charge is 0.175 e. The average molecular weight is 336 g/mol. The minimum atomic E-state index is -0.0468. The molecule has 1 unspecified atom stereocenters. The zero-order chi connectivity index (χ0) is 17.8. The van der Waals surface area contributed by atoms with Crippen LogP contribution in [0.5, 0.6) is 0 Å². The van der Waals surface area contributed by atoms with E-state index in [4.69, 9.17) is 0 Å². The fourth-order valence-corrected chi connectivity index (χ4v) is 3.14. The summed E-state index contributed by atoms with van der Waals surface area (Å²) in [4.78, 5) is 13.1. The molecule has 0 radical (unpaired) electrons. The summed E-state index contributed by atoms with van der Waals surface area (Å²) in [5.41, 5.74) is 3.87. The first kappa shape index (κ1) is 17.4. The molecule has 1 aromatic carbocycles. The summed E-state index contributed by atoms with van der Waals surface area (Å²) in [5.74, 6) is 0.364. The zero-order valence-corrected chi connectivity index (χ0v) is 15.1. The third-order valence-electron chi connectivity index (χ3n) is 4.55. The molecule has 4 heteroatoms. The van der Waals surface area contributed by atoms with Crippen LogP contribution in [-0.4, -0.2) is 21.9 Å². The fraction of sp³-hybridized carbons (Fsp3) is 0.333. The lowest BCUT2D eigenvalue weighted by atomic mass is 9.94. The minimum absolute atomic E-state index is 0.0468. The molecule has 0 aliphatic rings. The number of carbonyl (C=O) groups is 1. The Morgan fingerprint density at radius 2 is 1.80 bits per heavy atom. The number of Topliss-reactive ketones (excluding diaryl/α,β-unsaturated/α-hetero) is 1. The number of nitrogens with zero attached hydrogens (tertiary/aromatic N) is 2. The van der Waals surface area contributed by atoms with Gasteiger partial charge in [-0.2, -0.15) is 5.10 Å². The van der Waals surface area contributed by atoms with Crippen molar-refractivity contribution in [2.24, 2.45) is 5.92 Å². The van der Waals surface area contributed by atoms with E-state index >= 15 is 0 Å². The van der Waals surface area contributed by atoms with Crippen molar-refractivity contribution in [3.05, 3.63) is 71.5 Å². The van der Waals surface area contributed by atoms with E-state index in [2.05, 4.69) is 36.4 Å². The summed E-state index contributed by atoms with van der Waals surface area (Å²) >= 11 is 0. The fourth-order valence-electron chi connectivity index (χ4n) is 3.14. The predicted octanol–water partition coefficient (Wildman–Crippen LogP) is 3.04. The van der Waals surface area contributed by atoms with Gasteiger partial charge in [0.05, 0.1) is 29.2 Å². The SMILES string of the molecule is CC(C[NH2+]Cc1ccccc1)C(=O)c1c(C(C)C)nn2ccccc12. The molecule has 0 aliphatic heterocycles. The highest BCUT2D eigenvalue weighted by Gasteiger charge is 2.26. The lowest BCUT2D eigenvalue weighted by molar-refractivity contribution is -0.673. The number of hydrogen-bond donors (Lipinski definition) is 1. The predicted molar refractivity (Wildman–Crippen MR) is 99.7 cm³/mol. The number of nitrogens with two attached hydrogens (primary N) is 1. The molecule has 2 N–H and O–H groups in total. The van der Waals surface area contributed by atoms with Gasteiger partial charge in [0.1, 0.15) is 6.54 Å². The second-order valence-corrected chi connectivity index (χ2v) is 6.92. The first-order valence-corrected chi connectivity index (χ1v) is 8.95. The number of aromatic nitrogens is 2. The molecule has 25 heavy (non-hydrogen) atoms. The van der Waals surface area contributed by atoms with Crippen LogP contribution in [0.4, 0.5) is 0 Å². The summed E-state index contributed by atoms with van der Waals surface area (Å²) in [7, 11) is 0. The van der Waals surface area contributed by atoms with E-state index in [9.17, 15) is 4.79 Å². The standard InChI is InChI=1S/C21H25N3O/c1-15(2)20-19(18-11-7-8-12-24(18)23-20)21(25)16(3)13-22-14-17-9-5-4-6-10-17/h4-12,15-16,22H,13-14H2,1-3H3/p+1. The van der Waals surface area contributed by atoms with Crippen LogP contribution in [0.25, 0.3) is 5.52 Å². The van der Waals surface area contributed by atoms with Gasteiger partial charge in [0.15, 0.2) is 5.78 Å². The van der Waals surface area contributed by atoms with Crippen LogP contribution in [0, 0.1) is 5.92 Å². The van der Waals surface area contributed by atoms with Crippen molar-refractivity contribution in [1.82, 2.24) is 9.61 Å². The van der Waals surface area contributed by atoms with Gasteiger partial charge in [0.25, 0.3) is 0 Å². The van der Waals surface area contributed by atoms with Crippen molar-refractivity contribution in [3.63, 3.8) is 0 Å². The Balaban J connectivity index is 1.75. The number of fused-ring (bicyclic) bond motifs is 1. The van der Waals surface area contributed by atoms with Crippen molar-refractivity contribution in [1.29, 1.82) is 0 Å². The molecule has 130 valence electrons. The normalized spacial score (nSPS) is 12.6. The number of carbonyl (C=O) groups excluding carboxylic acids is 1. The number of hydrogen-bond acceptors (Lipinski definition) is 2. The molecule has 0 fully saturated rings. The van der Waals surface area contributed by atoms with E-state index in [0.717, 1.165) is 29.9 Å². The Hall–Kier alpha value is -2.46. The number of ketones is 1. The summed E-state index contributed by atoms with van der Waals surface area (Å²) in [5, 5.41) is 6.84. The Kier molecular flexibility index (Phi) is 5.29. The van der Waals surface area contributed by atoms with Crippen molar-refractivity contribution in [2.45, 2.75) is 33.2 Å². The van der Waals surface area contributed by atoms with Crippen LogP contribution in [0.3, 0.4) is 0 Å². The van der Waals surface area contributed by atoms with Crippen LogP contribution in [0.15, 0.2) is 54.7 Å². The van der Waals surface area contributed by atoms with Gasteiger partial charge in [0, 0.05) is 11.8 Å². The number of benzene rings is 1. The van der Waals surface area contributed by atoms with Gasteiger partial charge in [-0.05, 0) is 25.0 Å². The monoisotopic (exact) mass is 336 g/mol. The highest BCUT2D eigenvalue weighted by Crippen LogP contribution is 2.25. The second kappa shape index (κ2) is 7.62. The summed E-state index contributed by atoms with van der Waals surface area (Å²) in [6.07, 6.45) is 1.91. The summed E-state index contributed by atoms with van der Waals surface area (Å²) in [6.45, 7) is 7.86. The summed E-state index contributed by atoms with van der Waals surface area (Å²) in [6, 6.07) is 16.2. The molecular weight excluding hydrogens is 310 g/mol. The lowest BCUT2D eigenvalue weighted by Gasteiger charge is -2.11. The van der Waals surface area contributed by atoms with Gasteiger partial charge >= 0.3 is 0 Å². The first-order valence-electron chi connectivity index (χ1n) is 8.95. The Morgan fingerprint density at radius 3 is 2.52 bits per heavy atom. The second-order valence-electron chi connectivity index (χ2n) is 6.92. The highest BCUT2D eigenvalue weighted by atomic mass is 16.1. The van der Waals surface area contributed by atoms with Crippen LogP contribution in [0.1, 0.15) is 48.3 Å². The molecule has 0 saturated carbocycles. The maximum Gasteiger partial charge on any atom is 0.175 e. The molecule has 2 aromatic heterocycles. The molecule has 2 heterocycles. The van der Waals surface area contributed by atoms with Crippen molar-refractivity contribution in [3.8, 4) is 0 Å². The molecule has 4 nitrogen and oxygen atoms in total. The third-order valence-corrected chi connectivity index (χ3v) is 4.55. The minimum Gasteiger partial charge on any atom is -0.342 e. The molecule has 0 amide bonds. The largest absolute Gasteiger partial charge is 0.342 e. The van der Waals surface area contributed by atoms with Crippen LogP contribution >= 0.6 is 0 Å². The van der Waals surface area contributed by atoms with E-state index in [1.807, 2.05) is 54.0 Å². The topological polar surface area (TPSA) is 51.0 Å². The van der Waals surface area contributed by atoms with E-state index in [-0.39, 0.29) is 17.6 Å². The Labute approximate surface area is 148 Å².